The zero-order valence-electron chi connectivity index (χ0n) is 13.8. The molecule has 0 radical (unpaired) electrons. The summed E-state index contributed by atoms with van der Waals surface area (Å²) in [7, 11) is 1.62. The largest absolute Gasteiger partial charge is 0.463 e. The highest BCUT2D eigenvalue weighted by atomic mass is 32.2. The van der Waals surface area contributed by atoms with Crippen molar-refractivity contribution in [1.82, 2.24) is 5.32 Å². The first-order valence-electron chi connectivity index (χ1n) is 7.35. The van der Waals surface area contributed by atoms with Crippen LogP contribution in [0.5, 0.6) is 0 Å². The molecule has 2 fully saturated rings. The number of hydrogen-bond donors (Lipinski definition) is 1. The summed E-state index contributed by atoms with van der Waals surface area (Å²) in [5.41, 5.74) is -0.416. The second kappa shape index (κ2) is 7.84. The van der Waals surface area contributed by atoms with Crippen LogP contribution < -0.4 is 5.32 Å². The van der Waals surface area contributed by atoms with Crippen molar-refractivity contribution in [2.45, 2.75) is 50.6 Å². The average molecular weight is 360 g/mol. The van der Waals surface area contributed by atoms with Gasteiger partial charge in [0.2, 0.25) is 0 Å². The minimum Gasteiger partial charge on any atom is -0.463 e. The van der Waals surface area contributed by atoms with Crippen LogP contribution in [-0.2, 0) is 33.3 Å². The highest BCUT2D eigenvalue weighted by Crippen LogP contribution is 2.36. The summed E-state index contributed by atoms with van der Waals surface area (Å²) in [6, 6.07) is -0.435. The van der Waals surface area contributed by atoms with Crippen molar-refractivity contribution in [3.8, 4) is 0 Å². The van der Waals surface area contributed by atoms with Crippen molar-refractivity contribution < 1.29 is 33.3 Å². The van der Waals surface area contributed by atoms with Crippen LogP contribution in [-0.4, -0.2) is 66.5 Å². The first-order chi connectivity index (χ1) is 11.3. The number of aliphatic imine (C=N–C) groups is 1. The molecule has 5 atom stereocenters. The summed E-state index contributed by atoms with van der Waals surface area (Å²) in [5.74, 6) is -1.56. The number of esters is 3. The number of carbonyl (C=O) groups excluding carboxylic acids is 3. The van der Waals surface area contributed by atoms with Crippen molar-refractivity contribution in [2.24, 2.45) is 4.99 Å². The van der Waals surface area contributed by atoms with Gasteiger partial charge in [0.1, 0.15) is 24.2 Å². The Kier molecular flexibility index (Phi) is 6.05. The molecule has 10 heteroatoms. The number of ether oxygens (including phenoxy) is 4. The van der Waals surface area contributed by atoms with E-state index in [-0.39, 0.29) is 6.61 Å². The first-order valence-corrected chi connectivity index (χ1v) is 8.23. The molecular formula is C14H20N2O7S. The number of nitrogens with zero attached hydrogens (tertiary/aromatic N) is 1. The molecule has 1 N–H and O–H groups in total. The van der Waals surface area contributed by atoms with E-state index in [0.29, 0.717) is 5.17 Å². The predicted octanol–water partition coefficient (Wildman–Crippen LogP) is -0.171. The Morgan fingerprint density at radius 2 is 1.75 bits per heavy atom. The molecule has 5 unspecified atom stereocenters. The number of nitrogens with one attached hydrogen (secondary N) is 1. The van der Waals surface area contributed by atoms with Crippen molar-refractivity contribution in [3.63, 3.8) is 0 Å². The molecule has 2 aliphatic rings. The SMILES string of the molecule is CN=C1NC2C(OC(COC(C)=O)C(OC(C)=O)C2OC(C)=O)S1. The van der Waals surface area contributed by atoms with Crippen LogP contribution in [0, 0.1) is 0 Å². The van der Waals surface area contributed by atoms with Crippen molar-refractivity contribution >= 4 is 34.8 Å². The van der Waals surface area contributed by atoms with Crippen LogP contribution in [0.2, 0.25) is 0 Å². The first kappa shape index (κ1) is 18.5. The second-order valence-electron chi connectivity index (χ2n) is 5.31. The standard InChI is InChI=1S/C14H20N2O7S/c1-6(17)20-5-9-11(21-7(2)18)12(22-8(3)19)10-13(23-9)24-14(15-4)16-10/h9-13H,5H2,1-4H3,(H,15,16). The van der Waals surface area contributed by atoms with E-state index in [2.05, 4.69) is 10.3 Å². The maximum absolute atomic E-state index is 11.5. The summed E-state index contributed by atoms with van der Waals surface area (Å²) < 4.78 is 21.6. The molecule has 0 aromatic carbocycles. The van der Waals surface area contributed by atoms with Gasteiger partial charge < -0.3 is 24.3 Å². The van der Waals surface area contributed by atoms with Gasteiger partial charge in [0.25, 0.3) is 0 Å². The predicted molar refractivity (Wildman–Crippen MR) is 84.3 cm³/mol. The summed E-state index contributed by atoms with van der Waals surface area (Å²) in [4.78, 5) is 38.1. The van der Waals surface area contributed by atoms with Gasteiger partial charge in [-0.2, -0.15) is 0 Å². The molecule has 2 heterocycles. The third-order valence-electron chi connectivity index (χ3n) is 3.42. The van der Waals surface area contributed by atoms with Gasteiger partial charge in [0.05, 0.1) is 0 Å². The van der Waals surface area contributed by atoms with Crippen LogP contribution in [0.1, 0.15) is 20.8 Å². The number of fused-ring (bicyclic) bond motifs is 1. The number of thioether (sulfide) groups is 1. The van der Waals surface area contributed by atoms with Gasteiger partial charge >= 0.3 is 17.9 Å². The van der Waals surface area contributed by atoms with Crippen LogP contribution in [0.25, 0.3) is 0 Å². The summed E-state index contributed by atoms with van der Waals surface area (Å²) in [6.07, 6.45) is -2.46. The van der Waals surface area contributed by atoms with Crippen LogP contribution in [0.3, 0.4) is 0 Å². The zero-order valence-corrected chi connectivity index (χ0v) is 14.6. The van der Waals surface area contributed by atoms with Crippen LogP contribution in [0.15, 0.2) is 4.99 Å². The molecule has 0 aliphatic carbocycles. The van der Waals surface area contributed by atoms with E-state index < -0.39 is 47.7 Å². The van der Waals surface area contributed by atoms with Gasteiger partial charge in [-0.1, -0.05) is 11.8 Å². The molecule has 0 aromatic rings. The Balaban J connectivity index is 2.27. The summed E-state index contributed by atoms with van der Waals surface area (Å²) in [5, 5.41) is 3.72. The molecule has 2 aliphatic heterocycles. The minimum absolute atomic E-state index is 0.118. The third kappa shape index (κ3) is 4.38. The van der Waals surface area contributed by atoms with E-state index in [4.69, 9.17) is 18.9 Å². The summed E-state index contributed by atoms with van der Waals surface area (Å²) >= 11 is 1.33. The van der Waals surface area contributed by atoms with Gasteiger partial charge in [-0.05, 0) is 0 Å². The topological polar surface area (TPSA) is 113 Å². The fourth-order valence-corrected chi connectivity index (χ4v) is 3.66. The lowest BCUT2D eigenvalue weighted by molar-refractivity contribution is -0.209. The summed E-state index contributed by atoms with van der Waals surface area (Å²) in [6.45, 7) is 3.67. The normalized spacial score (nSPS) is 33.3. The Morgan fingerprint density at radius 3 is 2.29 bits per heavy atom. The van der Waals surface area contributed by atoms with Crippen molar-refractivity contribution in [1.29, 1.82) is 0 Å². The Labute approximate surface area is 143 Å². The monoisotopic (exact) mass is 360 g/mol. The Hall–Kier alpha value is -1.81. The number of amidine groups is 1. The molecule has 0 spiro atoms. The molecule has 0 amide bonds. The van der Waals surface area contributed by atoms with E-state index in [9.17, 15) is 14.4 Å². The third-order valence-corrected chi connectivity index (χ3v) is 4.58. The van der Waals surface area contributed by atoms with E-state index in [0.717, 1.165) is 0 Å². The fourth-order valence-electron chi connectivity index (χ4n) is 2.56. The second-order valence-corrected chi connectivity index (χ2v) is 6.40. The molecule has 0 aromatic heterocycles. The van der Waals surface area contributed by atoms with Crippen molar-refractivity contribution in [2.75, 3.05) is 13.7 Å². The van der Waals surface area contributed by atoms with E-state index >= 15 is 0 Å². The van der Waals surface area contributed by atoms with Crippen molar-refractivity contribution in [3.05, 3.63) is 0 Å². The highest BCUT2D eigenvalue weighted by Gasteiger charge is 2.53. The van der Waals surface area contributed by atoms with E-state index in [1.165, 1.54) is 32.5 Å². The van der Waals surface area contributed by atoms with Crippen LogP contribution >= 0.6 is 11.8 Å². The lowest BCUT2D eigenvalue weighted by Gasteiger charge is -2.41. The maximum atomic E-state index is 11.5. The average Bonchev–Trinajstić information content (AvgIpc) is 2.89. The van der Waals surface area contributed by atoms with Crippen LogP contribution in [0.4, 0.5) is 0 Å². The Bertz CT molecular complexity index is 553. The molecular weight excluding hydrogens is 340 g/mol. The smallest absolute Gasteiger partial charge is 0.303 e. The minimum atomic E-state index is -0.906. The molecule has 2 saturated heterocycles. The molecule has 24 heavy (non-hydrogen) atoms. The lowest BCUT2D eigenvalue weighted by atomic mass is 9.97. The molecule has 9 nitrogen and oxygen atoms in total. The molecule has 0 saturated carbocycles. The van der Waals surface area contributed by atoms with E-state index in [1.807, 2.05) is 0 Å². The molecule has 2 rings (SSSR count). The highest BCUT2D eigenvalue weighted by molar-refractivity contribution is 8.14. The Morgan fingerprint density at radius 1 is 1.12 bits per heavy atom. The van der Waals surface area contributed by atoms with Gasteiger partial charge in [-0.15, -0.1) is 0 Å². The maximum Gasteiger partial charge on any atom is 0.303 e. The van der Waals surface area contributed by atoms with Gasteiger partial charge in [-0.3, -0.25) is 19.4 Å². The van der Waals surface area contributed by atoms with Gasteiger partial charge in [0, 0.05) is 27.8 Å². The molecule has 134 valence electrons. The molecule has 0 bridgehead atoms. The zero-order chi connectivity index (χ0) is 17.9. The fraction of sp³-hybridized carbons (Fsp3) is 0.714. The number of rotatable bonds is 4. The van der Waals surface area contributed by atoms with Gasteiger partial charge in [0.15, 0.2) is 17.4 Å². The number of hydrogen-bond acceptors (Lipinski definition) is 9. The quantitative estimate of drug-likeness (QED) is 0.539. The lowest BCUT2D eigenvalue weighted by Crippen LogP contribution is -2.62. The van der Waals surface area contributed by atoms with E-state index in [1.54, 1.807) is 7.05 Å². The number of carbonyl (C=O) groups is 3. The van der Waals surface area contributed by atoms with Gasteiger partial charge in [-0.25, -0.2) is 0 Å².